The monoisotopic (exact) mass is 383 g/mol. The molecular weight excluding hydrogens is 376 g/mol. The van der Waals surface area contributed by atoms with E-state index in [2.05, 4.69) is 15.8 Å². The highest BCUT2D eigenvalue weighted by Gasteiger charge is 2.32. The van der Waals surface area contributed by atoms with Gasteiger partial charge in [-0.1, -0.05) is 5.22 Å². The van der Waals surface area contributed by atoms with Crippen LogP contribution in [0.2, 0.25) is 0 Å². The highest BCUT2D eigenvalue weighted by atomic mass is 19.4. The van der Waals surface area contributed by atoms with Crippen molar-refractivity contribution in [1.82, 2.24) is 0 Å². The summed E-state index contributed by atoms with van der Waals surface area (Å²) >= 11 is 0. The third-order valence-corrected chi connectivity index (χ3v) is 3.24. The molecule has 2 aromatic rings. The van der Waals surface area contributed by atoms with Crippen LogP contribution in [-0.4, -0.2) is 0 Å². The standard InChI is InChI=1S/C16H7F6N5/c17-15(18,19)11-3-1-9(7-23)13(5-11)25-27-26-14-6-12(16(20,21)22)4-2-10(14)8-24/h1-6H,(H,25,26). The van der Waals surface area contributed by atoms with Gasteiger partial charge in [-0.05, 0) is 36.4 Å². The third kappa shape index (κ3) is 4.73. The van der Waals surface area contributed by atoms with Crippen LogP contribution in [0.25, 0.3) is 0 Å². The maximum absolute atomic E-state index is 12.7. The van der Waals surface area contributed by atoms with Crippen molar-refractivity contribution in [2.24, 2.45) is 10.3 Å². The largest absolute Gasteiger partial charge is 0.416 e. The van der Waals surface area contributed by atoms with Crippen molar-refractivity contribution in [3.63, 3.8) is 0 Å². The average Bonchev–Trinajstić information content (AvgIpc) is 2.60. The molecule has 2 aromatic carbocycles. The van der Waals surface area contributed by atoms with Crippen molar-refractivity contribution in [2.45, 2.75) is 12.4 Å². The van der Waals surface area contributed by atoms with E-state index in [1.54, 1.807) is 12.1 Å². The molecule has 11 heteroatoms. The first kappa shape index (κ1) is 19.7. The van der Waals surface area contributed by atoms with Crippen LogP contribution in [0.1, 0.15) is 22.3 Å². The first-order chi connectivity index (χ1) is 12.6. The summed E-state index contributed by atoms with van der Waals surface area (Å²) in [6.45, 7) is 0. The lowest BCUT2D eigenvalue weighted by atomic mass is 10.1. The predicted molar refractivity (Wildman–Crippen MR) is 80.5 cm³/mol. The van der Waals surface area contributed by atoms with Crippen molar-refractivity contribution >= 4 is 11.4 Å². The van der Waals surface area contributed by atoms with Crippen molar-refractivity contribution in [3.05, 3.63) is 58.7 Å². The maximum Gasteiger partial charge on any atom is 0.416 e. The van der Waals surface area contributed by atoms with E-state index in [1.165, 1.54) is 0 Å². The molecule has 0 aromatic heterocycles. The molecule has 0 bridgehead atoms. The van der Waals surface area contributed by atoms with Crippen LogP contribution in [0.5, 0.6) is 0 Å². The molecule has 0 unspecified atom stereocenters. The molecular formula is C16H7F6N5. The predicted octanol–water partition coefficient (Wildman–Crippen LogP) is 5.58. The first-order valence-corrected chi connectivity index (χ1v) is 6.95. The van der Waals surface area contributed by atoms with E-state index < -0.39 is 29.2 Å². The molecule has 0 heterocycles. The zero-order chi connectivity index (χ0) is 20.2. The van der Waals surface area contributed by atoms with Gasteiger partial charge in [0.05, 0.1) is 27.9 Å². The fourth-order valence-corrected chi connectivity index (χ4v) is 1.93. The Balaban J connectivity index is 2.36. The average molecular weight is 383 g/mol. The van der Waals surface area contributed by atoms with Crippen LogP contribution < -0.4 is 5.43 Å². The van der Waals surface area contributed by atoms with Gasteiger partial charge in [0, 0.05) is 0 Å². The number of anilines is 1. The molecule has 0 atom stereocenters. The third-order valence-electron chi connectivity index (χ3n) is 3.24. The molecule has 0 radical (unpaired) electrons. The van der Waals surface area contributed by atoms with Gasteiger partial charge in [0.15, 0.2) is 0 Å². The highest BCUT2D eigenvalue weighted by molar-refractivity contribution is 5.59. The SMILES string of the molecule is N#Cc1ccc(C(F)(F)F)cc1/N=N\Nc1cc(C(F)(F)F)ccc1C#N. The summed E-state index contributed by atoms with van der Waals surface area (Å²) < 4.78 is 76.4. The molecule has 0 amide bonds. The number of rotatable bonds is 3. The van der Waals surface area contributed by atoms with E-state index in [0.717, 1.165) is 12.1 Å². The Morgan fingerprint density at radius 2 is 1.30 bits per heavy atom. The minimum atomic E-state index is -4.68. The second-order valence-corrected chi connectivity index (χ2v) is 5.02. The molecule has 0 spiro atoms. The van der Waals surface area contributed by atoms with Gasteiger partial charge in [0.1, 0.15) is 17.8 Å². The van der Waals surface area contributed by atoms with Gasteiger partial charge in [-0.25, -0.2) is 0 Å². The zero-order valence-corrected chi connectivity index (χ0v) is 13.0. The Kier molecular flexibility index (Phi) is 5.36. The number of nitrogens with one attached hydrogen (secondary N) is 1. The molecule has 5 nitrogen and oxygen atoms in total. The molecule has 1 N–H and O–H groups in total. The summed E-state index contributed by atoms with van der Waals surface area (Å²) in [5, 5.41) is 24.6. The highest BCUT2D eigenvalue weighted by Crippen LogP contribution is 2.34. The van der Waals surface area contributed by atoms with Crippen LogP contribution in [0.15, 0.2) is 46.7 Å². The molecule has 27 heavy (non-hydrogen) atoms. The zero-order valence-electron chi connectivity index (χ0n) is 13.0. The van der Waals surface area contributed by atoms with Crippen molar-refractivity contribution < 1.29 is 26.3 Å². The molecule has 0 saturated heterocycles. The van der Waals surface area contributed by atoms with E-state index >= 15 is 0 Å². The molecule has 138 valence electrons. The summed E-state index contributed by atoms with van der Waals surface area (Å²) in [7, 11) is 0. The summed E-state index contributed by atoms with van der Waals surface area (Å²) in [6.07, 6.45) is -9.35. The Morgan fingerprint density at radius 3 is 1.81 bits per heavy atom. The summed E-state index contributed by atoms with van der Waals surface area (Å²) in [5.74, 6) is 0. The number of nitriles is 2. The van der Waals surface area contributed by atoms with Gasteiger partial charge in [-0.2, -0.15) is 36.9 Å². The van der Waals surface area contributed by atoms with Gasteiger partial charge >= 0.3 is 12.4 Å². The van der Waals surface area contributed by atoms with Gasteiger partial charge in [0.2, 0.25) is 0 Å². The minimum absolute atomic E-state index is 0.188. The second-order valence-electron chi connectivity index (χ2n) is 5.02. The van der Waals surface area contributed by atoms with Gasteiger partial charge in [-0.15, -0.1) is 5.11 Å². The lowest BCUT2D eigenvalue weighted by molar-refractivity contribution is -0.138. The maximum atomic E-state index is 12.7. The Bertz CT molecular complexity index is 963. The van der Waals surface area contributed by atoms with Crippen LogP contribution in [0.4, 0.5) is 37.7 Å². The molecule has 2 rings (SSSR count). The molecule has 0 aliphatic heterocycles. The smallest absolute Gasteiger partial charge is 0.258 e. The summed E-state index contributed by atoms with van der Waals surface area (Å²) in [5.41, 5.74) is -1.25. The Hall–Kier alpha value is -3.60. The minimum Gasteiger partial charge on any atom is -0.258 e. The van der Waals surface area contributed by atoms with E-state index in [1.807, 2.05) is 0 Å². The topological polar surface area (TPSA) is 84.3 Å². The van der Waals surface area contributed by atoms with E-state index in [9.17, 15) is 26.3 Å². The van der Waals surface area contributed by atoms with Crippen LogP contribution in [-0.2, 0) is 12.4 Å². The van der Waals surface area contributed by atoms with E-state index in [4.69, 9.17) is 10.5 Å². The van der Waals surface area contributed by atoms with E-state index in [0.29, 0.717) is 24.3 Å². The lowest BCUT2D eigenvalue weighted by Gasteiger charge is -2.09. The molecule has 0 saturated carbocycles. The second kappa shape index (κ2) is 7.33. The van der Waals surface area contributed by atoms with E-state index in [-0.39, 0.29) is 16.8 Å². The van der Waals surface area contributed by atoms with Crippen LogP contribution in [0.3, 0.4) is 0 Å². The number of benzene rings is 2. The van der Waals surface area contributed by atoms with Crippen molar-refractivity contribution in [3.8, 4) is 12.1 Å². The van der Waals surface area contributed by atoms with Crippen LogP contribution in [0, 0.1) is 22.7 Å². The normalized spacial score (nSPS) is 11.9. The fraction of sp³-hybridized carbons (Fsp3) is 0.125. The lowest BCUT2D eigenvalue weighted by Crippen LogP contribution is -2.06. The summed E-state index contributed by atoms with van der Waals surface area (Å²) in [4.78, 5) is 0. The number of nitrogens with zero attached hydrogens (tertiary/aromatic N) is 4. The van der Waals surface area contributed by atoms with Gasteiger partial charge in [0.25, 0.3) is 0 Å². The number of halogens is 6. The summed E-state index contributed by atoms with van der Waals surface area (Å²) in [6, 6.07) is 7.62. The molecule has 0 fully saturated rings. The number of hydrogen-bond donors (Lipinski definition) is 1. The van der Waals surface area contributed by atoms with Gasteiger partial charge < -0.3 is 0 Å². The quantitative estimate of drug-likeness (QED) is 0.427. The number of alkyl halides is 6. The fourth-order valence-electron chi connectivity index (χ4n) is 1.93. The molecule has 0 aliphatic rings. The number of hydrogen-bond acceptors (Lipinski definition) is 4. The van der Waals surface area contributed by atoms with Crippen molar-refractivity contribution in [1.29, 1.82) is 10.5 Å². The Morgan fingerprint density at radius 1 is 0.778 bits per heavy atom. The molecule has 0 aliphatic carbocycles. The Labute approximate surface area is 148 Å². The van der Waals surface area contributed by atoms with Crippen LogP contribution >= 0.6 is 0 Å². The van der Waals surface area contributed by atoms with Crippen molar-refractivity contribution in [2.75, 3.05) is 5.43 Å². The van der Waals surface area contributed by atoms with Gasteiger partial charge in [-0.3, -0.25) is 5.43 Å². The first-order valence-electron chi connectivity index (χ1n) is 6.95.